The van der Waals surface area contributed by atoms with E-state index in [0.717, 1.165) is 16.5 Å². The van der Waals surface area contributed by atoms with E-state index in [2.05, 4.69) is 9.97 Å². The van der Waals surface area contributed by atoms with Crippen molar-refractivity contribution < 1.29 is 0 Å². The number of hydrogen-bond acceptors (Lipinski definition) is 4. The van der Waals surface area contributed by atoms with Crippen LogP contribution < -0.4 is 11.1 Å². The van der Waals surface area contributed by atoms with Crippen molar-refractivity contribution in [1.29, 1.82) is 5.26 Å². The molecule has 120 valence electrons. The Labute approximate surface area is 141 Å². The molecule has 0 aliphatic rings. The molecule has 0 unspecified atom stereocenters. The van der Waals surface area contributed by atoms with Gasteiger partial charge in [-0.3, -0.25) is 14.6 Å². The van der Waals surface area contributed by atoms with E-state index in [-0.39, 0.29) is 11.1 Å². The highest BCUT2D eigenvalue weighted by molar-refractivity contribution is 5.79. The number of para-hydroxylation sites is 1. The molecule has 6 nitrogen and oxygen atoms in total. The van der Waals surface area contributed by atoms with Gasteiger partial charge in [-0.15, -0.1) is 0 Å². The van der Waals surface area contributed by atoms with Gasteiger partial charge in [-0.25, -0.2) is 0 Å². The zero-order chi connectivity index (χ0) is 17.4. The molecule has 1 aromatic carbocycles. The predicted molar refractivity (Wildman–Crippen MR) is 94.4 cm³/mol. The molecular weight excluding hydrogens is 316 g/mol. The van der Waals surface area contributed by atoms with Crippen LogP contribution in [-0.4, -0.2) is 14.5 Å². The fourth-order valence-electron chi connectivity index (χ4n) is 2.85. The van der Waals surface area contributed by atoms with Crippen molar-refractivity contribution in [3.05, 3.63) is 86.7 Å². The SMILES string of the molecule is N#Cc1cc2c(=O)n(Cc3cnc4ccccc4c3)ccc2[nH]c1=O. The zero-order valence-corrected chi connectivity index (χ0v) is 13.1. The Bertz CT molecular complexity index is 1280. The first-order chi connectivity index (χ1) is 12.2. The molecule has 0 aliphatic carbocycles. The summed E-state index contributed by atoms with van der Waals surface area (Å²) in [5, 5.41) is 10.3. The number of nitrogens with zero attached hydrogens (tertiary/aromatic N) is 3. The Morgan fingerprint density at radius 1 is 1.16 bits per heavy atom. The summed E-state index contributed by atoms with van der Waals surface area (Å²) < 4.78 is 1.54. The molecule has 0 amide bonds. The van der Waals surface area contributed by atoms with Crippen LogP contribution in [0, 0.1) is 11.3 Å². The summed E-state index contributed by atoms with van der Waals surface area (Å²) in [6.45, 7) is 0.355. The second-order valence-electron chi connectivity index (χ2n) is 5.74. The molecule has 4 aromatic rings. The first-order valence-electron chi connectivity index (χ1n) is 7.66. The lowest BCUT2D eigenvalue weighted by Gasteiger charge is -2.08. The summed E-state index contributed by atoms with van der Waals surface area (Å²) in [6, 6.07) is 14.6. The van der Waals surface area contributed by atoms with Crippen LogP contribution in [0.3, 0.4) is 0 Å². The highest BCUT2D eigenvalue weighted by Crippen LogP contribution is 2.14. The number of benzene rings is 1. The van der Waals surface area contributed by atoms with Gasteiger partial charge in [0.05, 0.1) is 23.0 Å². The van der Waals surface area contributed by atoms with E-state index in [1.807, 2.05) is 30.3 Å². The normalized spacial score (nSPS) is 10.8. The fourth-order valence-corrected chi connectivity index (χ4v) is 2.85. The molecular formula is C19H12N4O2. The van der Waals surface area contributed by atoms with Crippen LogP contribution in [0.4, 0.5) is 0 Å². The van der Waals surface area contributed by atoms with Crippen LogP contribution in [0.15, 0.2) is 64.4 Å². The maximum absolute atomic E-state index is 12.7. The largest absolute Gasteiger partial charge is 0.321 e. The molecule has 0 bridgehead atoms. The molecule has 4 rings (SSSR count). The summed E-state index contributed by atoms with van der Waals surface area (Å²) >= 11 is 0. The fraction of sp³-hybridized carbons (Fsp3) is 0.0526. The van der Waals surface area contributed by atoms with Gasteiger partial charge in [0, 0.05) is 17.8 Å². The van der Waals surface area contributed by atoms with E-state index < -0.39 is 5.56 Å². The second-order valence-corrected chi connectivity index (χ2v) is 5.74. The first-order valence-corrected chi connectivity index (χ1v) is 7.66. The average Bonchev–Trinajstić information content (AvgIpc) is 2.64. The van der Waals surface area contributed by atoms with Crippen LogP contribution in [0.1, 0.15) is 11.1 Å². The number of fused-ring (bicyclic) bond motifs is 2. The van der Waals surface area contributed by atoms with Gasteiger partial charge in [-0.2, -0.15) is 5.26 Å². The number of nitriles is 1. The van der Waals surface area contributed by atoms with Crippen molar-refractivity contribution in [2.45, 2.75) is 6.54 Å². The number of pyridine rings is 3. The Morgan fingerprint density at radius 3 is 2.84 bits per heavy atom. The van der Waals surface area contributed by atoms with Gasteiger partial charge in [-0.1, -0.05) is 18.2 Å². The molecule has 1 N–H and O–H groups in total. The van der Waals surface area contributed by atoms with Crippen molar-refractivity contribution >= 4 is 21.8 Å². The molecule has 0 fully saturated rings. The Morgan fingerprint density at radius 2 is 2.00 bits per heavy atom. The van der Waals surface area contributed by atoms with Gasteiger partial charge in [-0.05, 0) is 29.8 Å². The third-order valence-corrected chi connectivity index (χ3v) is 4.10. The van der Waals surface area contributed by atoms with E-state index in [4.69, 9.17) is 5.26 Å². The van der Waals surface area contributed by atoms with Crippen molar-refractivity contribution in [2.75, 3.05) is 0 Å². The minimum atomic E-state index is -0.495. The summed E-state index contributed by atoms with van der Waals surface area (Å²) in [5.41, 5.74) is 1.37. The lowest BCUT2D eigenvalue weighted by Crippen LogP contribution is -2.22. The number of aromatic amines is 1. The van der Waals surface area contributed by atoms with Crippen LogP contribution in [0.25, 0.3) is 21.8 Å². The topological polar surface area (TPSA) is 91.5 Å². The monoisotopic (exact) mass is 328 g/mol. The molecule has 3 heterocycles. The van der Waals surface area contributed by atoms with Crippen LogP contribution in [0.2, 0.25) is 0 Å². The molecule has 0 saturated carbocycles. The maximum atomic E-state index is 12.7. The lowest BCUT2D eigenvalue weighted by molar-refractivity contribution is 0.765. The Hall–Kier alpha value is -3.72. The first kappa shape index (κ1) is 14.8. The van der Waals surface area contributed by atoms with E-state index in [9.17, 15) is 9.59 Å². The van der Waals surface area contributed by atoms with E-state index in [1.54, 1.807) is 24.5 Å². The third kappa shape index (κ3) is 2.58. The van der Waals surface area contributed by atoms with Crippen LogP contribution >= 0.6 is 0 Å². The van der Waals surface area contributed by atoms with Gasteiger partial charge in [0.1, 0.15) is 11.6 Å². The summed E-state index contributed by atoms with van der Waals surface area (Å²) in [7, 11) is 0. The second kappa shape index (κ2) is 5.73. The lowest BCUT2D eigenvalue weighted by atomic mass is 10.1. The van der Waals surface area contributed by atoms with E-state index in [1.165, 1.54) is 10.6 Å². The number of aromatic nitrogens is 3. The van der Waals surface area contributed by atoms with Crippen LogP contribution in [0.5, 0.6) is 0 Å². The Balaban J connectivity index is 1.82. The quantitative estimate of drug-likeness (QED) is 0.610. The minimum Gasteiger partial charge on any atom is -0.321 e. The number of nitrogens with one attached hydrogen (secondary N) is 1. The zero-order valence-electron chi connectivity index (χ0n) is 13.1. The van der Waals surface area contributed by atoms with Gasteiger partial charge in [0.2, 0.25) is 0 Å². The van der Waals surface area contributed by atoms with Crippen molar-refractivity contribution in [2.24, 2.45) is 0 Å². The van der Waals surface area contributed by atoms with Gasteiger partial charge in [0.25, 0.3) is 11.1 Å². The van der Waals surface area contributed by atoms with E-state index >= 15 is 0 Å². The van der Waals surface area contributed by atoms with Crippen molar-refractivity contribution in [1.82, 2.24) is 14.5 Å². The summed E-state index contributed by atoms with van der Waals surface area (Å²) in [5.74, 6) is 0. The standard InChI is InChI=1S/C19H12N4O2/c20-9-14-8-15-17(22-18(14)24)5-6-23(19(15)25)11-12-7-13-3-1-2-4-16(13)21-10-12/h1-8,10H,11H2,(H,22,24). The van der Waals surface area contributed by atoms with Crippen molar-refractivity contribution in [3.63, 3.8) is 0 Å². The number of H-pyrrole nitrogens is 1. The summed E-state index contributed by atoms with van der Waals surface area (Å²) in [4.78, 5) is 31.3. The Kier molecular flexibility index (Phi) is 3.40. The van der Waals surface area contributed by atoms with Gasteiger partial charge >= 0.3 is 0 Å². The summed E-state index contributed by atoms with van der Waals surface area (Å²) in [6.07, 6.45) is 3.37. The van der Waals surface area contributed by atoms with Gasteiger partial charge < -0.3 is 9.55 Å². The molecule has 0 aliphatic heterocycles. The molecule has 0 radical (unpaired) electrons. The van der Waals surface area contributed by atoms with Crippen LogP contribution in [-0.2, 0) is 6.54 Å². The molecule has 6 heteroatoms. The maximum Gasteiger partial charge on any atom is 0.266 e. The predicted octanol–water partition coefficient (Wildman–Crippen LogP) is 2.16. The number of rotatable bonds is 2. The van der Waals surface area contributed by atoms with Crippen molar-refractivity contribution in [3.8, 4) is 6.07 Å². The third-order valence-electron chi connectivity index (χ3n) is 4.10. The highest BCUT2D eigenvalue weighted by atomic mass is 16.1. The smallest absolute Gasteiger partial charge is 0.266 e. The molecule has 0 saturated heterocycles. The minimum absolute atomic E-state index is 0.0743. The molecule has 0 atom stereocenters. The van der Waals surface area contributed by atoms with E-state index in [0.29, 0.717) is 17.4 Å². The van der Waals surface area contributed by atoms with Gasteiger partial charge in [0.15, 0.2) is 0 Å². The molecule has 3 aromatic heterocycles. The molecule has 0 spiro atoms. The average molecular weight is 328 g/mol. The molecule has 25 heavy (non-hydrogen) atoms. The highest BCUT2D eigenvalue weighted by Gasteiger charge is 2.08. The number of hydrogen-bond donors (Lipinski definition) is 1.